The normalized spacial score (nSPS) is 11.3. The number of pyridine rings is 1. The van der Waals surface area contributed by atoms with Gasteiger partial charge < -0.3 is 9.88 Å². The highest BCUT2D eigenvalue weighted by Crippen LogP contribution is 2.28. The number of benzene rings is 1. The quantitative estimate of drug-likeness (QED) is 0.868. The van der Waals surface area contributed by atoms with Gasteiger partial charge in [0.15, 0.2) is 0 Å². The van der Waals surface area contributed by atoms with Gasteiger partial charge in [-0.3, -0.25) is 9.59 Å². The first-order valence-corrected chi connectivity index (χ1v) is 7.73. The molecule has 0 aliphatic heterocycles. The number of rotatable bonds is 4. The fourth-order valence-electron chi connectivity index (χ4n) is 1.88. The molecule has 1 aromatic heterocycles. The lowest BCUT2D eigenvalue weighted by atomic mass is 10.2. The van der Waals surface area contributed by atoms with Gasteiger partial charge in [0.25, 0.3) is 5.56 Å². The number of nitrogens with one attached hydrogen (secondary N) is 1. The number of carbonyl (C=O) groups excluding carboxylic acids is 1. The maximum Gasteiger partial charge on any atom is 0.417 e. The molecule has 2 rings (SSSR count). The van der Waals surface area contributed by atoms with Crippen molar-refractivity contribution in [1.29, 1.82) is 0 Å². The molecule has 4 nitrogen and oxygen atoms in total. The zero-order valence-electron chi connectivity index (χ0n) is 12.1. The number of hydrogen-bond donors (Lipinski definition) is 1. The molecule has 0 saturated carbocycles. The molecule has 1 heterocycles. The smallest absolute Gasteiger partial charge is 0.324 e. The average Bonchev–Trinajstić information content (AvgIpc) is 2.48. The van der Waals surface area contributed by atoms with Crippen molar-refractivity contribution in [2.45, 2.75) is 17.6 Å². The second-order valence-corrected chi connectivity index (χ2v) is 5.54. The van der Waals surface area contributed by atoms with Gasteiger partial charge in [-0.2, -0.15) is 13.2 Å². The molecule has 23 heavy (non-hydrogen) atoms. The first-order chi connectivity index (χ1) is 10.8. The van der Waals surface area contributed by atoms with Crippen LogP contribution >= 0.6 is 11.8 Å². The molecule has 122 valence electrons. The van der Waals surface area contributed by atoms with Crippen LogP contribution in [0, 0.1) is 0 Å². The second kappa shape index (κ2) is 6.91. The van der Waals surface area contributed by atoms with Crippen LogP contribution in [-0.4, -0.2) is 16.7 Å². The Hall–Kier alpha value is -2.22. The minimum Gasteiger partial charge on any atom is -0.324 e. The fourth-order valence-corrected chi connectivity index (χ4v) is 2.34. The first-order valence-electron chi connectivity index (χ1n) is 6.51. The van der Waals surface area contributed by atoms with E-state index in [1.807, 2.05) is 12.3 Å². The van der Waals surface area contributed by atoms with E-state index in [0.29, 0.717) is 18.0 Å². The molecule has 1 N–H and O–H groups in total. The molecule has 2 aromatic rings. The van der Waals surface area contributed by atoms with E-state index in [2.05, 4.69) is 5.32 Å². The molecule has 0 aliphatic carbocycles. The van der Waals surface area contributed by atoms with Crippen molar-refractivity contribution in [3.8, 4) is 0 Å². The molecule has 1 amide bonds. The predicted octanol–water partition coefficient (Wildman–Crippen LogP) is 3.23. The van der Waals surface area contributed by atoms with E-state index in [9.17, 15) is 22.8 Å². The lowest BCUT2D eigenvalue weighted by molar-refractivity contribution is -0.138. The number of hydrogen-bond acceptors (Lipinski definition) is 3. The topological polar surface area (TPSA) is 51.1 Å². The zero-order valence-corrected chi connectivity index (χ0v) is 12.9. The van der Waals surface area contributed by atoms with Crippen LogP contribution in [0.25, 0.3) is 0 Å². The van der Waals surface area contributed by atoms with Crippen molar-refractivity contribution in [1.82, 2.24) is 4.57 Å². The van der Waals surface area contributed by atoms with Gasteiger partial charge in [-0.05, 0) is 30.5 Å². The molecule has 0 fully saturated rings. The van der Waals surface area contributed by atoms with Crippen LogP contribution in [0.1, 0.15) is 5.56 Å². The monoisotopic (exact) mass is 342 g/mol. The SMILES string of the molecule is CSc1cccc(NC(=O)Cn2cc(C(F)(F)F)ccc2=O)c1. The Bertz CT molecular complexity index is 772. The van der Waals surface area contributed by atoms with Gasteiger partial charge in [-0.25, -0.2) is 0 Å². The highest BCUT2D eigenvalue weighted by molar-refractivity contribution is 7.98. The molecule has 0 saturated heterocycles. The van der Waals surface area contributed by atoms with E-state index < -0.39 is 29.8 Å². The van der Waals surface area contributed by atoms with E-state index >= 15 is 0 Å². The van der Waals surface area contributed by atoms with Crippen molar-refractivity contribution in [3.63, 3.8) is 0 Å². The summed E-state index contributed by atoms with van der Waals surface area (Å²) in [6, 6.07) is 8.49. The average molecular weight is 342 g/mol. The van der Waals surface area contributed by atoms with Crippen LogP contribution in [0.4, 0.5) is 18.9 Å². The maximum absolute atomic E-state index is 12.6. The highest BCUT2D eigenvalue weighted by atomic mass is 32.2. The molecule has 8 heteroatoms. The molecule has 0 radical (unpaired) electrons. The molecule has 1 aromatic carbocycles. The summed E-state index contributed by atoms with van der Waals surface area (Å²) < 4.78 is 38.7. The van der Waals surface area contributed by atoms with Gasteiger partial charge in [0.2, 0.25) is 5.91 Å². The Morgan fingerprint density at radius 3 is 2.65 bits per heavy atom. The maximum atomic E-state index is 12.6. The second-order valence-electron chi connectivity index (χ2n) is 4.66. The molecule has 0 spiro atoms. The van der Waals surface area contributed by atoms with Crippen LogP contribution in [0.5, 0.6) is 0 Å². The van der Waals surface area contributed by atoms with Gasteiger partial charge >= 0.3 is 6.18 Å². The Morgan fingerprint density at radius 1 is 1.26 bits per heavy atom. The minimum atomic E-state index is -4.57. The molecule has 0 atom stereocenters. The van der Waals surface area contributed by atoms with Crippen LogP contribution in [0.15, 0.2) is 52.3 Å². The highest BCUT2D eigenvalue weighted by Gasteiger charge is 2.31. The van der Waals surface area contributed by atoms with E-state index in [1.165, 1.54) is 11.8 Å². The third kappa shape index (κ3) is 4.62. The summed E-state index contributed by atoms with van der Waals surface area (Å²) in [4.78, 5) is 24.5. The Morgan fingerprint density at radius 2 is 2.00 bits per heavy atom. The van der Waals surface area contributed by atoms with Crippen LogP contribution < -0.4 is 10.9 Å². The predicted molar refractivity (Wildman–Crippen MR) is 82.6 cm³/mol. The standard InChI is InChI=1S/C15H13F3N2O2S/c1-23-12-4-2-3-11(7-12)19-13(21)9-20-8-10(15(16,17)18)5-6-14(20)22/h2-8H,9H2,1H3,(H,19,21). The number of nitrogens with zero attached hydrogens (tertiary/aromatic N) is 1. The molecular formula is C15H13F3N2O2S. The lowest BCUT2D eigenvalue weighted by Gasteiger charge is -2.11. The summed E-state index contributed by atoms with van der Waals surface area (Å²) >= 11 is 1.49. The molecular weight excluding hydrogens is 329 g/mol. The third-order valence-corrected chi connectivity index (χ3v) is 3.70. The van der Waals surface area contributed by atoms with Gasteiger partial charge in [0.1, 0.15) is 6.54 Å². The van der Waals surface area contributed by atoms with Crippen LogP contribution in [0.2, 0.25) is 0 Å². The van der Waals surface area contributed by atoms with Crippen LogP contribution in [-0.2, 0) is 17.5 Å². The van der Waals surface area contributed by atoms with Crippen molar-refractivity contribution in [2.75, 3.05) is 11.6 Å². The van der Waals surface area contributed by atoms with Crippen molar-refractivity contribution < 1.29 is 18.0 Å². The summed E-state index contributed by atoms with van der Waals surface area (Å²) in [6.45, 7) is -0.494. The van der Waals surface area contributed by atoms with Crippen molar-refractivity contribution in [3.05, 3.63) is 58.5 Å². The minimum absolute atomic E-state index is 0.494. The van der Waals surface area contributed by atoms with Crippen molar-refractivity contribution in [2.24, 2.45) is 0 Å². The van der Waals surface area contributed by atoms with Crippen LogP contribution in [0.3, 0.4) is 0 Å². The van der Waals surface area contributed by atoms with E-state index in [1.54, 1.807) is 18.2 Å². The van der Waals surface area contributed by atoms with Gasteiger partial charge in [0, 0.05) is 22.8 Å². The number of anilines is 1. The van der Waals surface area contributed by atoms with Crippen molar-refractivity contribution >= 4 is 23.4 Å². The Labute approximate surface area is 134 Å². The van der Waals surface area contributed by atoms with Gasteiger partial charge in [-0.15, -0.1) is 11.8 Å². The Kier molecular flexibility index (Phi) is 5.15. The van der Waals surface area contributed by atoms with E-state index in [4.69, 9.17) is 0 Å². The summed E-state index contributed by atoms with van der Waals surface area (Å²) in [7, 11) is 0. The number of halogens is 3. The van der Waals surface area contributed by atoms with E-state index in [-0.39, 0.29) is 0 Å². The molecule has 0 unspecified atom stereocenters. The summed E-state index contributed by atoms with van der Waals surface area (Å²) in [6.07, 6.45) is -2.05. The number of alkyl halides is 3. The van der Waals surface area contributed by atoms with Gasteiger partial charge in [-0.1, -0.05) is 6.07 Å². The summed E-state index contributed by atoms with van der Waals surface area (Å²) in [5.74, 6) is -0.579. The third-order valence-electron chi connectivity index (χ3n) is 2.98. The molecule has 0 aliphatic rings. The number of aromatic nitrogens is 1. The largest absolute Gasteiger partial charge is 0.417 e. The number of amides is 1. The fraction of sp³-hybridized carbons (Fsp3) is 0.200. The number of carbonyl (C=O) groups is 1. The number of thioether (sulfide) groups is 1. The zero-order chi connectivity index (χ0) is 17.0. The summed E-state index contributed by atoms with van der Waals surface area (Å²) in [5, 5.41) is 2.56. The Balaban J connectivity index is 2.15. The molecule has 0 bridgehead atoms. The summed E-state index contributed by atoms with van der Waals surface area (Å²) in [5.41, 5.74) is -1.14. The van der Waals surface area contributed by atoms with Gasteiger partial charge in [0.05, 0.1) is 5.56 Å². The van der Waals surface area contributed by atoms with E-state index in [0.717, 1.165) is 15.5 Å². The lowest BCUT2D eigenvalue weighted by Crippen LogP contribution is -2.28. The first kappa shape index (κ1) is 17.1.